The van der Waals surface area contributed by atoms with Crippen molar-refractivity contribution in [3.63, 3.8) is 0 Å². The highest BCUT2D eigenvalue weighted by atomic mass is 32.1. The van der Waals surface area contributed by atoms with Crippen LogP contribution < -0.4 is 10.6 Å². The lowest BCUT2D eigenvalue weighted by molar-refractivity contribution is -0.385. The number of rotatable bonds is 4. The Labute approximate surface area is 155 Å². The Morgan fingerprint density at radius 2 is 1.73 bits per heavy atom. The quantitative estimate of drug-likeness (QED) is 0.606. The highest BCUT2D eigenvalue weighted by Gasteiger charge is 2.23. The summed E-state index contributed by atoms with van der Waals surface area (Å²) < 4.78 is 0. The second-order valence-electron chi connectivity index (χ2n) is 7.04. The van der Waals surface area contributed by atoms with E-state index in [0.29, 0.717) is 21.1 Å². The summed E-state index contributed by atoms with van der Waals surface area (Å²) >= 11 is 1.17. The molecule has 0 saturated carbocycles. The molecule has 138 valence electrons. The van der Waals surface area contributed by atoms with E-state index < -0.39 is 10.3 Å². The van der Waals surface area contributed by atoms with Crippen molar-refractivity contribution < 1.29 is 14.5 Å². The van der Waals surface area contributed by atoms with E-state index in [9.17, 15) is 19.7 Å². The molecule has 0 atom stereocenters. The van der Waals surface area contributed by atoms with Crippen LogP contribution in [0.3, 0.4) is 0 Å². The van der Waals surface area contributed by atoms with Crippen LogP contribution in [-0.4, -0.2) is 16.7 Å². The zero-order chi connectivity index (χ0) is 19.6. The molecule has 1 aromatic heterocycles. The largest absolute Gasteiger partial charge is 0.321 e. The third-order valence-corrected chi connectivity index (χ3v) is 4.86. The molecule has 0 radical (unpaired) electrons. The van der Waals surface area contributed by atoms with Gasteiger partial charge in [0.2, 0.25) is 5.91 Å². The van der Waals surface area contributed by atoms with Crippen LogP contribution in [0.15, 0.2) is 24.3 Å². The van der Waals surface area contributed by atoms with Gasteiger partial charge < -0.3 is 10.6 Å². The number of hydrogen-bond acceptors (Lipinski definition) is 5. The molecule has 0 fully saturated rings. The fourth-order valence-corrected chi connectivity index (χ4v) is 3.10. The topological polar surface area (TPSA) is 101 Å². The number of carbonyl (C=O) groups excluding carboxylic acids is 2. The van der Waals surface area contributed by atoms with Gasteiger partial charge in [0.15, 0.2) is 0 Å². The fraction of sp³-hybridized carbons (Fsp3) is 0.333. The van der Waals surface area contributed by atoms with Crippen molar-refractivity contribution in [2.75, 3.05) is 10.6 Å². The second kappa shape index (κ2) is 7.25. The van der Waals surface area contributed by atoms with Crippen LogP contribution >= 0.6 is 11.3 Å². The normalized spacial score (nSPS) is 11.1. The van der Waals surface area contributed by atoms with Crippen molar-refractivity contribution >= 4 is 39.5 Å². The van der Waals surface area contributed by atoms with E-state index in [1.54, 1.807) is 52.8 Å². The van der Waals surface area contributed by atoms with Gasteiger partial charge in [-0.05, 0) is 31.5 Å². The molecule has 0 aliphatic carbocycles. The summed E-state index contributed by atoms with van der Waals surface area (Å²) in [6, 6.07) is 6.27. The zero-order valence-corrected chi connectivity index (χ0v) is 16.1. The second-order valence-corrected chi connectivity index (χ2v) is 8.09. The Bertz CT molecular complexity index is 881. The van der Waals surface area contributed by atoms with Crippen LogP contribution in [0, 0.1) is 29.4 Å². The number of anilines is 2. The van der Waals surface area contributed by atoms with Gasteiger partial charge in [0.05, 0.1) is 14.8 Å². The molecular weight excluding hydrogens is 354 g/mol. The molecule has 0 aliphatic rings. The first-order chi connectivity index (χ1) is 12.0. The van der Waals surface area contributed by atoms with Gasteiger partial charge in [0.25, 0.3) is 11.6 Å². The van der Waals surface area contributed by atoms with E-state index in [0.717, 1.165) is 5.56 Å². The molecule has 1 heterocycles. The minimum absolute atomic E-state index is 0.0520. The average Bonchev–Trinajstić information content (AvgIpc) is 2.88. The number of thiophene rings is 1. The maximum Gasteiger partial charge on any atom is 0.274 e. The van der Waals surface area contributed by atoms with Crippen LogP contribution in [0.2, 0.25) is 0 Å². The third kappa shape index (κ3) is 4.45. The lowest BCUT2D eigenvalue weighted by Crippen LogP contribution is -2.27. The number of nitrogens with zero attached hydrogens (tertiary/aromatic N) is 1. The Morgan fingerprint density at radius 1 is 1.08 bits per heavy atom. The number of carbonyl (C=O) groups is 2. The van der Waals surface area contributed by atoms with E-state index in [1.165, 1.54) is 17.4 Å². The standard InChI is InChI=1S/C18H21N3O4S/c1-10-6-7-12(9-13(10)21(24)25)19-16(22)15-11(2)8-14(26-15)20-17(23)18(3,4)5/h6-9H,1-5H3,(H,19,22)(H,20,23). The molecular formula is C18H21N3O4S. The highest BCUT2D eigenvalue weighted by molar-refractivity contribution is 7.18. The lowest BCUT2D eigenvalue weighted by atomic mass is 9.96. The minimum atomic E-state index is -0.541. The first-order valence-electron chi connectivity index (χ1n) is 7.97. The number of nitro benzene ring substituents is 1. The molecule has 2 amide bonds. The van der Waals surface area contributed by atoms with Crippen molar-refractivity contribution in [2.45, 2.75) is 34.6 Å². The average molecular weight is 375 g/mol. The van der Waals surface area contributed by atoms with Gasteiger partial charge in [-0.25, -0.2) is 0 Å². The van der Waals surface area contributed by atoms with Crippen molar-refractivity contribution in [3.05, 3.63) is 50.4 Å². The molecule has 0 spiro atoms. The molecule has 26 heavy (non-hydrogen) atoms. The van der Waals surface area contributed by atoms with Crippen molar-refractivity contribution in [2.24, 2.45) is 5.41 Å². The summed E-state index contributed by atoms with van der Waals surface area (Å²) in [5.74, 6) is -0.512. The maximum atomic E-state index is 12.5. The molecule has 0 bridgehead atoms. The van der Waals surface area contributed by atoms with E-state index in [-0.39, 0.29) is 17.5 Å². The zero-order valence-electron chi connectivity index (χ0n) is 15.3. The molecule has 0 aliphatic heterocycles. The summed E-state index contributed by atoms with van der Waals surface area (Å²) in [6.07, 6.45) is 0. The van der Waals surface area contributed by atoms with Gasteiger partial charge in [0.1, 0.15) is 0 Å². The van der Waals surface area contributed by atoms with Crippen LogP contribution in [0.1, 0.15) is 41.6 Å². The number of benzene rings is 1. The van der Waals surface area contributed by atoms with Gasteiger partial charge in [-0.3, -0.25) is 19.7 Å². The van der Waals surface area contributed by atoms with E-state index in [4.69, 9.17) is 0 Å². The molecule has 2 aromatic rings. The highest BCUT2D eigenvalue weighted by Crippen LogP contribution is 2.30. The molecule has 2 rings (SSSR count). The van der Waals surface area contributed by atoms with Crippen molar-refractivity contribution in [1.29, 1.82) is 0 Å². The number of aryl methyl sites for hydroxylation is 2. The third-order valence-electron chi connectivity index (χ3n) is 3.71. The number of nitro groups is 1. The first kappa shape index (κ1) is 19.6. The smallest absolute Gasteiger partial charge is 0.274 e. The Hall–Kier alpha value is -2.74. The first-order valence-corrected chi connectivity index (χ1v) is 8.79. The van der Waals surface area contributed by atoms with Crippen LogP contribution in [-0.2, 0) is 4.79 Å². The number of hydrogen-bond donors (Lipinski definition) is 2. The van der Waals surface area contributed by atoms with Gasteiger partial charge in [-0.2, -0.15) is 0 Å². The monoisotopic (exact) mass is 375 g/mol. The predicted molar refractivity (Wildman–Crippen MR) is 103 cm³/mol. The van der Waals surface area contributed by atoms with E-state index in [2.05, 4.69) is 10.6 Å². The molecule has 7 nitrogen and oxygen atoms in total. The van der Waals surface area contributed by atoms with Crippen LogP contribution in [0.25, 0.3) is 0 Å². The Morgan fingerprint density at radius 3 is 2.31 bits per heavy atom. The summed E-state index contributed by atoms with van der Waals surface area (Å²) in [5, 5.41) is 17.1. The summed E-state index contributed by atoms with van der Waals surface area (Å²) in [6.45, 7) is 8.83. The molecule has 0 unspecified atom stereocenters. The van der Waals surface area contributed by atoms with Crippen LogP contribution in [0.5, 0.6) is 0 Å². The molecule has 2 N–H and O–H groups in total. The Balaban J connectivity index is 2.19. The van der Waals surface area contributed by atoms with Gasteiger partial charge >= 0.3 is 0 Å². The Kier molecular flexibility index (Phi) is 5.46. The predicted octanol–water partition coefficient (Wildman–Crippen LogP) is 4.51. The summed E-state index contributed by atoms with van der Waals surface area (Å²) in [4.78, 5) is 35.6. The molecule has 0 saturated heterocycles. The number of amides is 2. The van der Waals surface area contributed by atoms with Gasteiger partial charge in [-0.1, -0.05) is 26.8 Å². The van der Waals surface area contributed by atoms with Gasteiger partial charge in [0, 0.05) is 22.7 Å². The van der Waals surface area contributed by atoms with Crippen LogP contribution in [0.4, 0.5) is 16.4 Å². The summed E-state index contributed by atoms with van der Waals surface area (Å²) in [5.41, 5.74) is 0.997. The van der Waals surface area contributed by atoms with Crippen molar-refractivity contribution in [3.8, 4) is 0 Å². The summed E-state index contributed by atoms with van der Waals surface area (Å²) in [7, 11) is 0. The van der Waals surface area contributed by atoms with Gasteiger partial charge in [-0.15, -0.1) is 11.3 Å². The SMILES string of the molecule is Cc1ccc(NC(=O)c2sc(NC(=O)C(C)(C)C)cc2C)cc1[N+](=O)[O-]. The fourth-order valence-electron chi connectivity index (χ4n) is 2.14. The molecule has 1 aromatic carbocycles. The molecule has 8 heteroatoms. The van der Waals surface area contributed by atoms with E-state index in [1.807, 2.05) is 0 Å². The maximum absolute atomic E-state index is 12.5. The van der Waals surface area contributed by atoms with Crippen molar-refractivity contribution in [1.82, 2.24) is 0 Å². The number of nitrogens with one attached hydrogen (secondary N) is 2. The van der Waals surface area contributed by atoms with E-state index >= 15 is 0 Å². The lowest BCUT2D eigenvalue weighted by Gasteiger charge is -2.16. The minimum Gasteiger partial charge on any atom is -0.321 e.